The van der Waals surface area contributed by atoms with Crippen molar-refractivity contribution in [1.29, 1.82) is 0 Å². The molecule has 5 rings (SSSR count). The van der Waals surface area contributed by atoms with E-state index in [-0.39, 0.29) is 18.4 Å². The number of ketones is 1. The van der Waals surface area contributed by atoms with Crippen LogP contribution in [-0.4, -0.2) is 52.2 Å². The van der Waals surface area contributed by atoms with Crippen LogP contribution in [-0.2, 0) is 23.2 Å². The van der Waals surface area contributed by atoms with Crippen LogP contribution in [0.3, 0.4) is 0 Å². The molecule has 1 spiro atoms. The van der Waals surface area contributed by atoms with Crippen LogP contribution in [0.15, 0.2) is 12.1 Å². The number of likely N-dealkylation sites (tertiary alicyclic amines) is 1. The lowest BCUT2D eigenvalue weighted by Crippen LogP contribution is -2.76. The number of hydrogen-bond donors (Lipinski definition) is 2. The van der Waals surface area contributed by atoms with Gasteiger partial charge in [-0.15, -0.1) is 0 Å². The molecule has 0 radical (unpaired) electrons. The van der Waals surface area contributed by atoms with E-state index < -0.39 is 17.1 Å². The molecule has 4 atom stereocenters. The number of likely N-dealkylation sites (N-methyl/N-ethyl adjacent to an activating group) is 1. The van der Waals surface area contributed by atoms with Gasteiger partial charge in [0.2, 0.25) is 0 Å². The van der Waals surface area contributed by atoms with Crippen LogP contribution in [0.2, 0.25) is 0 Å². The fourth-order valence-corrected chi connectivity index (χ4v) is 5.73. The highest BCUT2D eigenvalue weighted by Crippen LogP contribution is 2.63. The van der Waals surface area contributed by atoms with Crippen molar-refractivity contribution in [2.75, 3.05) is 13.6 Å². The summed E-state index contributed by atoms with van der Waals surface area (Å²) in [6.07, 6.45) is 1.77. The highest BCUT2D eigenvalue weighted by Gasteiger charge is 2.72. The summed E-state index contributed by atoms with van der Waals surface area (Å²) in [6, 6.07) is 3.96. The quantitative estimate of drug-likeness (QED) is 0.791. The summed E-state index contributed by atoms with van der Waals surface area (Å²) < 4.78 is 6.13. The van der Waals surface area contributed by atoms with Crippen molar-refractivity contribution >= 4 is 5.78 Å². The molecule has 23 heavy (non-hydrogen) atoms. The molecule has 2 aliphatic heterocycles. The van der Waals surface area contributed by atoms with E-state index in [1.807, 2.05) is 12.1 Å². The van der Waals surface area contributed by atoms with Gasteiger partial charge in [-0.2, -0.15) is 0 Å². The fourth-order valence-electron chi connectivity index (χ4n) is 5.73. The number of rotatable bonds is 1. The van der Waals surface area contributed by atoms with E-state index >= 15 is 0 Å². The zero-order valence-electron chi connectivity index (χ0n) is 13.2. The van der Waals surface area contributed by atoms with Crippen LogP contribution < -0.4 is 4.74 Å². The van der Waals surface area contributed by atoms with Crippen LogP contribution in [0.4, 0.5) is 0 Å². The molecule has 1 saturated heterocycles. The molecule has 2 fully saturated rings. The maximum Gasteiger partial charge on any atom is 0.174 e. The summed E-state index contributed by atoms with van der Waals surface area (Å²) in [7, 11) is 2.06. The third-order valence-corrected chi connectivity index (χ3v) is 6.80. The zero-order valence-corrected chi connectivity index (χ0v) is 13.2. The van der Waals surface area contributed by atoms with Crippen LogP contribution in [0.5, 0.6) is 5.75 Å². The zero-order chi connectivity index (χ0) is 16.0. The first kappa shape index (κ1) is 14.0. The van der Waals surface area contributed by atoms with Crippen molar-refractivity contribution < 1.29 is 19.7 Å². The maximum atomic E-state index is 12.6. The van der Waals surface area contributed by atoms with E-state index in [4.69, 9.17) is 4.74 Å². The van der Waals surface area contributed by atoms with Gasteiger partial charge in [-0.25, -0.2) is 0 Å². The molecule has 5 heteroatoms. The minimum absolute atomic E-state index is 0.0221. The summed E-state index contributed by atoms with van der Waals surface area (Å²) in [4.78, 5) is 14.9. The molecule has 2 aliphatic carbocycles. The topological polar surface area (TPSA) is 70.0 Å². The van der Waals surface area contributed by atoms with Crippen molar-refractivity contribution in [2.45, 2.75) is 55.5 Å². The maximum absolute atomic E-state index is 12.6. The highest BCUT2D eigenvalue weighted by atomic mass is 16.5. The Bertz CT molecular complexity index is 732. The van der Waals surface area contributed by atoms with Gasteiger partial charge in [-0.3, -0.25) is 4.79 Å². The van der Waals surface area contributed by atoms with E-state index in [2.05, 4.69) is 11.9 Å². The van der Waals surface area contributed by atoms with Crippen molar-refractivity contribution in [3.8, 4) is 5.75 Å². The lowest BCUT2D eigenvalue weighted by Gasteiger charge is -2.62. The first-order valence-electron chi connectivity index (χ1n) is 8.41. The van der Waals surface area contributed by atoms with Gasteiger partial charge in [-0.05, 0) is 38.4 Å². The Labute approximate surface area is 134 Å². The van der Waals surface area contributed by atoms with Crippen LogP contribution >= 0.6 is 0 Å². The molecule has 1 aromatic rings. The Kier molecular flexibility index (Phi) is 2.52. The highest BCUT2D eigenvalue weighted by molar-refractivity contribution is 5.89. The van der Waals surface area contributed by atoms with Crippen LogP contribution in [0.1, 0.15) is 36.0 Å². The number of piperidine rings is 1. The molecule has 2 heterocycles. The van der Waals surface area contributed by atoms with Crippen molar-refractivity contribution in [2.24, 2.45) is 0 Å². The minimum Gasteiger partial charge on any atom is -0.481 e. The standard InChI is InChI=1S/C18H21NO4/c1-19-7-6-17-14-10-2-3-11(9-20)15(14)23-16(17)12(21)4-5-18(17,22)13(19)8-10/h2-3,13,16,20,22H,4-9H2,1H3/t13-,16?,17+,18-/m1/s1. The first-order chi connectivity index (χ1) is 11.0. The lowest BCUT2D eigenvalue weighted by atomic mass is 9.49. The van der Waals surface area contributed by atoms with Gasteiger partial charge in [0, 0.05) is 23.6 Å². The fraction of sp³-hybridized carbons (Fsp3) is 0.611. The van der Waals surface area contributed by atoms with Gasteiger partial charge in [0.25, 0.3) is 0 Å². The predicted octanol–water partition coefficient (Wildman–Crippen LogP) is 0.532. The average Bonchev–Trinajstić information content (AvgIpc) is 2.90. The number of nitrogens with zero attached hydrogens (tertiary/aromatic N) is 1. The molecule has 5 nitrogen and oxygen atoms in total. The number of Topliss-reactive ketones (excluding diaryl/α,β-unsaturated/α-hetero) is 1. The van der Waals surface area contributed by atoms with Crippen molar-refractivity contribution in [3.63, 3.8) is 0 Å². The van der Waals surface area contributed by atoms with Gasteiger partial charge in [0.05, 0.1) is 17.6 Å². The molecule has 0 amide bonds. The Morgan fingerprint density at radius 3 is 3.00 bits per heavy atom. The molecular formula is C18H21NO4. The average molecular weight is 315 g/mol. The molecular weight excluding hydrogens is 294 g/mol. The number of aliphatic hydroxyl groups excluding tert-OH is 1. The number of hydrogen-bond acceptors (Lipinski definition) is 5. The van der Waals surface area contributed by atoms with Crippen LogP contribution in [0.25, 0.3) is 0 Å². The predicted molar refractivity (Wildman–Crippen MR) is 82.4 cm³/mol. The third kappa shape index (κ3) is 1.35. The molecule has 1 unspecified atom stereocenters. The summed E-state index contributed by atoms with van der Waals surface area (Å²) in [5, 5.41) is 21.4. The van der Waals surface area contributed by atoms with Crippen molar-refractivity contribution in [1.82, 2.24) is 4.90 Å². The smallest absolute Gasteiger partial charge is 0.174 e. The number of benzene rings is 1. The van der Waals surface area contributed by atoms with Gasteiger partial charge in [-0.1, -0.05) is 12.1 Å². The SMILES string of the molecule is CN1CC[C@]23c4c5ccc(CO)c4OC2C(=O)CC[C@@]3(O)[C@H]1C5. The molecule has 2 N–H and O–H groups in total. The second kappa shape index (κ2) is 4.15. The Morgan fingerprint density at radius 2 is 2.22 bits per heavy atom. The second-order valence-corrected chi connectivity index (χ2v) is 7.56. The van der Waals surface area contributed by atoms with Crippen LogP contribution in [0, 0.1) is 0 Å². The lowest BCUT2D eigenvalue weighted by molar-refractivity contribution is -0.185. The van der Waals surface area contributed by atoms with E-state index in [0.29, 0.717) is 18.6 Å². The Morgan fingerprint density at radius 1 is 1.39 bits per heavy atom. The number of ether oxygens (including phenoxy) is 1. The second-order valence-electron chi connectivity index (χ2n) is 7.56. The summed E-state index contributed by atoms with van der Waals surface area (Å²) in [5.74, 6) is 0.748. The van der Waals surface area contributed by atoms with Gasteiger partial charge >= 0.3 is 0 Å². The molecule has 2 bridgehead atoms. The molecule has 0 aromatic heterocycles. The Hall–Kier alpha value is -1.43. The summed E-state index contributed by atoms with van der Waals surface area (Å²) in [6.45, 7) is 0.740. The molecule has 122 valence electrons. The third-order valence-electron chi connectivity index (χ3n) is 6.80. The number of carbonyl (C=O) groups excluding carboxylic acids is 1. The molecule has 4 aliphatic rings. The van der Waals surface area contributed by atoms with Gasteiger partial charge < -0.3 is 19.8 Å². The molecule has 1 saturated carbocycles. The Balaban J connectivity index is 1.86. The summed E-state index contributed by atoms with van der Waals surface area (Å²) >= 11 is 0. The van der Waals surface area contributed by atoms with E-state index in [1.165, 1.54) is 0 Å². The van der Waals surface area contributed by atoms with E-state index in [9.17, 15) is 15.0 Å². The van der Waals surface area contributed by atoms with Gasteiger partial charge in [0.15, 0.2) is 11.9 Å². The number of aliphatic hydroxyl groups is 2. The monoisotopic (exact) mass is 315 g/mol. The first-order valence-corrected chi connectivity index (χ1v) is 8.41. The van der Waals surface area contributed by atoms with E-state index in [1.54, 1.807) is 0 Å². The summed E-state index contributed by atoms with van der Waals surface area (Å²) in [5.41, 5.74) is 1.34. The van der Waals surface area contributed by atoms with Gasteiger partial charge in [0.1, 0.15) is 5.75 Å². The molecule has 1 aromatic carbocycles. The van der Waals surface area contributed by atoms with Crippen molar-refractivity contribution in [3.05, 3.63) is 28.8 Å². The minimum atomic E-state index is -0.926. The normalized spacial score (nSPS) is 40.7. The van der Waals surface area contributed by atoms with E-state index in [0.717, 1.165) is 36.1 Å². The largest absolute Gasteiger partial charge is 0.481 e. The number of carbonyl (C=O) groups is 1.